The van der Waals surface area contributed by atoms with Gasteiger partial charge in [0.15, 0.2) is 0 Å². The molecule has 2 heterocycles. The van der Waals surface area contributed by atoms with Gasteiger partial charge in [-0.05, 0) is 6.07 Å². The summed E-state index contributed by atoms with van der Waals surface area (Å²) in [6.45, 7) is 0.971. The number of carbonyl (C=O) groups is 2. The maximum atomic E-state index is 12.7. The van der Waals surface area contributed by atoms with Gasteiger partial charge in [0.1, 0.15) is 10.7 Å². The van der Waals surface area contributed by atoms with Crippen molar-refractivity contribution in [1.82, 2.24) is 9.88 Å². The summed E-state index contributed by atoms with van der Waals surface area (Å²) in [6, 6.07) is 6.82. The van der Waals surface area contributed by atoms with Gasteiger partial charge >= 0.3 is 5.97 Å². The smallest absolute Gasteiger partial charge is 0.305 e. The van der Waals surface area contributed by atoms with Crippen molar-refractivity contribution in [3.05, 3.63) is 40.4 Å². The maximum Gasteiger partial charge on any atom is 0.305 e. The lowest BCUT2D eigenvalue weighted by Crippen LogP contribution is -2.49. The monoisotopic (exact) mass is 366 g/mol. The minimum absolute atomic E-state index is 0.146. The summed E-state index contributed by atoms with van der Waals surface area (Å²) in [5, 5.41) is 11.9. The Balaban J connectivity index is 1.82. The highest BCUT2D eigenvalue weighted by atomic mass is 35.5. The van der Waals surface area contributed by atoms with Crippen molar-refractivity contribution < 1.29 is 19.4 Å². The predicted octanol–water partition coefficient (Wildman–Crippen LogP) is 2.78. The van der Waals surface area contributed by atoms with Gasteiger partial charge in [0.25, 0.3) is 5.91 Å². The summed E-state index contributed by atoms with van der Waals surface area (Å²) in [6.07, 6.45) is -0.146. The number of benzene rings is 1. The minimum atomic E-state index is -0.960. The van der Waals surface area contributed by atoms with Crippen LogP contribution in [0.3, 0.4) is 0 Å². The first-order valence-corrected chi connectivity index (χ1v) is 8.63. The van der Waals surface area contributed by atoms with Gasteiger partial charge in [-0.2, -0.15) is 0 Å². The fourth-order valence-corrected chi connectivity index (χ4v) is 3.68. The fraction of sp³-hybridized carbons (Fsp3) is 0.312. The number of thiazole rings is 1. The van der Waals surface area contributed by atoms with Crippen LogP contribution in [0.4, 0.5) is 0 Å². The Labute approximate surface area is 147 Å². The molecule has 1 aromatic heterocycles. The van der Waals surface area contributed by atoms with E-state index in [0.29, 0.717) is 28.9 Å². The molecule has 1 aliphatic heterocycles. The Morgan fingerprint density at radius 1 is 1.42 bits per heavy atom. The van der Waals surface area contributed by atoms with Crippen molar-refractivity contribution in [3.8, 4) is 10.6 Å². The molecule has 1 N–H and O–H groups in total. The fourth-order valence-electron chi connectivity index (χ4n) is 2.57. The normalized spacial score (nSPS) is 17.7. The summed E-state index contributed by atoms with van der Waals surface area (Å²) in [5.74, 6) is -1.24. The van der Waals surface area contributed by atoms with E-state index in [2.05, 4.69) is 4.98 Å². The van der Waals surface area contributed by atoms with Crippen molar-refractivity contribution in [2.45, 2.75) is 12.5 Å². The summed E-state index contributed by atoms with van der Waals surface area (Å²) in [7, 11) is 0. The summed E-state index contributed by atoms with van der Waals surface area (Å²) >= 11 is 7.50. The van der Waals surface area contributed by atoms with Crippen molar-refractivity contribution in [3.63, 3.8) is 0 Å². The van der Waals surface area contributed by atoms with E-state index in [-0.39, 0.29) is 18.9 Å². The van der Waals surface area contributed by atoms with Gasteiger partial charge in [0.2, 0.25) is 0 Å². The number of nitrogens with zero attached hydrogens (tertiary/aromatic N) is 2. The van der Waals surface area contributed by atoms with E-state index in [4.69, 9.17) is 21.4 Å². The molecule has 1 atom stereocenters. The Morgan fingerprint density at radius 3 is 2.96 bits per heavy atom. The van der Waals surface area contributed by atoms with Crippen LogP contribution in [0.5, 0.6) is 0 Å². The number of hydrogen-bond acceptors (Lipinski definition) is 5. The molecule has 126 valence electrons. The highest BCUT2D eigenvalue weighted by Gasteiger charge is 2.31. The molecule has 0 aliphatic carbocycles. The van der Waals surface area contributed by atoms with Crippen LogP contribution in [0.15, 0.2) is 29.6 Å². The third-order valence-electron chi connectivity index (χ3n) is 3.73. The molecule has 0 spiro atoms. The lowest BCUT2D eigenvalue weighted by molar-refractivity contribution is -0.139. The number of amides is 1. The maximum absolute atomic E-state index is 12.7. The molecular formula is C16H15ClN2O4S. The van der Waals surface area contributed by atoms with Gasteiger partial charge < -0.3 is 14.7 Å². The first-order chi connectivity index (χ1) is 11.6. The van der Waals surface area contributed by atoms with Crippen LogP contribution in [0.2, 0.25) is 5.02 Å². The summed E-state index contributed by atoms with van der Waals surface area (Å²) in [4.78, 5) is 29.6. The van der Waals surface area contributed by atoms with Gasteiger partial charge in [-0.3, -0.25) is 9.59 Å². The third kappa shape index (κ3) is 3.58. The number of carboxylic acid groups (broad SMARTS) is 1. The molecule has 3 rings (SSSR count). The largest absolute Gasteiger partial charge is 0.481 e. The second-order valence-corrected chi connectivity index (χ2v) is 6.61. The second-order valence-electron chi connectivity index (χ2n) is 5.34. The van der Waals surface area contributed by atoms with Gasteiger partial charge in [0, 0.05) is 17.5 Å². The molecule has 1 saturated heterocycles. The lowest BCUT2D eigenvalue weighted by Gasteiger charge is -2.34. The minimum Gasteiger partial charge on any atom is -0.481 e. The number of morpholine rings is 1. The van der Waals surface area contributed by atoms with Crippen LogP contribution in [0, 0.1) is 0 Å². The van der Waals surface area contributed by atoms with Crippen LogP contribution < -0.4 is 0 Å². The Kier molecular flexibility index (Phi) is 5.13. The van der Waals surface area contributed by atoms with E-state index in [1.54, 1.807) is 11.4 Å². The molecule has 0 radical (unpaired) electrons. The van der Waals surface area contributed by atoms with Crippen LogP contribution in [0.1, 0.15) is 16.9 Å². The lowest BCUT2D eigenvalue weighted by atomic mass is 10.1. The number of rotatable bonds is 4. The Hall–Kier alpha value is -1.96. The van der Waals surface area contributed by atoms with Crippen LogP contribution in [0.25, 0.3) is 10.6 Å². The summed E-state index contributed by atoms with van der Waals surface area (Å²) in [5.41, 5.74) is 1.07. The van der Waals surface area contributed by atoms with E-state index in [0.717, 1.165) is 5.56 Å². The molecule has 1 fully saturated rings. The zero-order chi connectivity index (χ0) is 17.1. The molecule has 6 nitrogen and oxygen atoms in total. The average Bonchev–Trinajstić information content (AvgIpc) is 3.04. The highest BCUT2D eigenvalue weighted by Crippen LogP contribution is 2.30. The Bertz CT molecular complexity index is 764. The molecular weight excluding hydrogens is 352 g/mol. The van der Waals surface area contributed by atoms with Gasteiger partial charge in [0.05, 0.1) is 30.7 Å². The van der Waals surface area contributed by atoms with E-state index >= 15 is 0 Å². The van der Waals surface area contributed by atoms with Crippen molar-refractivity contribution in [1.29, 1.82) is 0 Å². The van der Waals surface area contributed by atoms with Crippen LogP contribution in [-0.4, -0.2) is 52.7 Å². The number of hydrogen-bond donors (Lipinski definition) is 1. The number of aromatic nitrogens is 1. The topological polar surface area (TPSA) is 79.7 Å². The molecule has 1 aliphatic rings. The zero-order valence-corrected chi connectivity index (χ0v) is 14.2. The molecule has 1 unspecified atom stereocenters. The quantitative estimate of drug-likeness (QED) is 0.900. The van der Waals surface area contributed by atoms with Gasteiger partial charge in [-0.25, -0.2) is 4.98 Å². The first kappa shape index (κ1) is 16.9. The van der Waals surface area contributed by atoms with Crippen LogP contribution >= 0.6 is 22.9 Å². The van der Waals surface area contributed by atoms with E-state index in [9.17, 15) is 9.59 Å². The van der Waals surface area contributed by atoms with E-state index < -0.39 is 12.0 Å². The SMILES string of the molecule is O=C(O)CC1COCCN1C(=O)c1csc(-c2ccccc2Cl)n1. The van der Waals surface area contributed by atoms with E-state index in [1.807, 2.05) is 18.2 Å². The third-order valence-corrected chi connectivity index (χ3v) is 4.93. The molecule has 2 aromatic rings. The second kappa shape index (κ2) is 7.29. The zero-order valence-electron chi connectivity index (χ0n) is 12.6. The number of carboxylic acids is 1. The summed E-state index contributed by atoms with van der Waals surface area (Å²) < 4.78 is 5.30. The molecule has 1 amide bonds. The highest BCUT2D eigenvalue weighted by molar-refractivity contribution is 7.13. The number of halogens is 1. The first-order valence-electron chi connectivity index (χ1n) is 7.37. The van der Waals surface area contributed by atoms with Gasteiger partial charge in [-0.15, -0.1) is 11.3 Å². The Morgan fingerprint density at radius 2 is 2.21 bits per heavy atom. The van der Waals surface area contributed by atoms with Crippen molar-refractivity contribution in [2.75, 3.05) is 19.8 Å². The van der Waals surface area contributed by atoms with Crippen molar-refractivity contribution in [2.24, 2.45) is 0 Å². The molecule has 8 heteroatoms. The molecule has 1 aromatic carbocycles. The van der Waals surface area contributed by atoms with Gasteiger partial charge in [-0.1, -0.05) is 29.8 Å². The van der Waals surface area contributed by atoms with Crippen molar-refractivity contribution >= 4 is 34.8 Å². The van der Waals surface area contributed by atoms with Crippen LogP contribution in [-0.2, 0) is 9.53 Å². The number of aliphatic carboxylic acids is 1. The number of carbonyl (C=O) groups excluding carboxylic acids is 1. The molecule has 0 saturated carbocycles. The number of ether oxygens (including phenoxy) is 1. The average molecular weight is 367 g/mol. The molecule has 24 heavy (non-hydrogen) atoms. The molecule has 0 bridgehead atoms. The standard InChI is InChI=1S/C16H15ClN2O4S/c17-12-4-2-1-3-11(12)15-18-13(9-24-15)16(22)19-5-6-23-8-10(19)7-14(20)21/h1-4,9-10H,5-8H2,(H,20,21). The van der Waals surface area contributed by atoms with E-state index in [1.165, 1.54) is 16.2 Å². The predicted molar refractivity (Wildman–Crippen MR) is 90.5 cm³/mol.